The van der Waals surface area contributed by atoms with Gasteiger partial charge in [0.1, 0.15) is 0 Å². The molecule has 0 radical (unpaired) electrons. The second-order valence-electron chi connectivity index (χ2n) is 9.64. The van der Waals surface area contributed by atoms with E-state index >= 15 is 0 Å². The number of ether oxygens (including phenoxy) is 1. The third-order valence-electron chi connectivity index (χ3n) is 7.34. The highest BCUT2D eigenvalue weighted by atomic mass is 32.1. The van der Waals surface area contributed by atoms with Crippen LogP contribution in [0, 0.1) is 13.8 Å². The van der Waals surface area contributed by atoms with E-state index in [1.54, 1.807) is 12.1 Å². The SMILES string of the molecule is Cc1cc([C@H]2[C@@H](c3ccccn3)NC(=S)N2CCCN2CCOCC2)c(C)n1-c1ccc(C(=O)O)cc1. The first-order chi connectivity index (χ1) is 17.9. The van der Waals surface area contributed by atoms with Crippen molar-refractivity contribution in [1.29, 1.82) is 0 Å². The van der Waals surface area contributed by atoms with E-state index in [9.17, 15) is 9.90 Å². The molecule has 2 N–H and O–H groups in total. The largest absolute Gasteiger partial charge is 0.478 e. The zero-order valence-corrected chi connectivity index (χ0v) is 22.1. The molecule has 2 fully saturated rings. The summed E-state index contributed by atoms with van der Waals surface area (Å²) in [6.07, 6.45) is 2.83. The molecule has 3 aromatic rings. The summed E-state index contributed by atoms with van der Waals surface area (Å²) in [5.74, 6) is -0.926. The minimum atomic E-state index is -0.926. The Morgan fingerprint density at radius 3 is 2.57 bits per heavy atom. The number of aromatic carboxylic acids is 1. The van der Waals surface area contributed by atoms with E-state index in [2.05, 4.69) is 44.6 Å². The molecule has 0 spiro atoms. The number of pyridine rings is 1. The molecule has 2 saturated heterocycles. The zero-order valence-electron chi connectivity index (χ0n) is 21.3. The van der Waals surface area contributed by atoms with Crippen molar-refractivity contribution < 1.29 is 14.6 Å². The normalized spacial score (nSPS) is 20.3. The number of thiocarbonyl (C=S) groups is 1. The summed E-state index contributed by atoms with van der Waals surface area (Å²) < 4.78 is 7.68. The number of rotatable bonds is 8. The highest BCUT2D eigenvalue weighted by Crippen LogP contribution is 2.41. The molecule has 194 valence electrons. The van der Waals surface area contributed by atoms with Crippen molar-refractivity contribution >= 4 is 23.3 Å². The lowest BCUT2D eigenvalue weighted by atomic mass is 9.96. The first-order valence-corrected chi connectivity index (χ1v) is 13.2. The maximum Gasteiger partial charge on any atom is 0.335 e. The second kappa shape index (κ2) is 11.0. The summed E-state index contributed by atoms with van der Waals surface area (Å²) in [7, 11) is 0. The number of nitrogens with zero attached hydrogens (tertiary/aromatic N) is 4. The smallest absolute Gasteiger partial charge is 0.335 e. The van der Waals surface area contributed by atoms with Crippen LogP contribution in [0.1, 0.15) is 51.5 Å². The second-order valence-corrected chi connectivity index (χ2v) is 10.0. The molecule has 9 heteroatoms. The third-order valence-corrected chi connectivity index (χ3v) is 7.69. The summed E-state index contributed by atoms with van der Waals surface area (Å²) in [6, 6.07) is 15.2. The molecule has 2 aliphatic rings. The number of nitrogens with one attached hydrogen (secondary N) is 1. The van der Waals surface area contributed by atoms with Gasteiger partial charge in [0.2, 0.25) is 0 Å². The van der Waals surface area contributed by atoms with Crippen molar-refractivity contribution in [2.24, 2.45) is 0 Å². The zero-order chi connectivity index (χ0) is 25.9. The minimum absolute atomic E-state index is 0.00895. The molecular formula is C28H33N5O3S. The number of aromatic nitrogens is 2. The van der Waals surface area contributed by atoms with Crippen molar-refractivity contribution in [3.63, 3.8) is 0 Å². The molecule has 0 aliphatic carbocycles. The predicted molar refractivity (Wildman–Crippen MR) is 146 cm³/mol. The summed E-state index contributed by atoms with van der Waals surface area (Å²) in [5.41, 5.74) is 5.56. The van der Waals surface area contributed by atoms with E-state index in [0.717, 1.165) is 73.7 Å². The molecule has 0 saturated carbocycles. The Labute approximate surface area is 222 Å². The van der Waals surface area contributed by atoms with E-state index in [4.69, 9.17) is 17.0 Å². The van der Waals surface area contributed by atoms with Gasteiger partial charge in [0, 0.05) is 49.5 Å². The molecule has 8 nitrogen and oxygen atoms in total. The van der Waals surface area contributed by atoms with Gasteiger partial charge in [-0.05, 0) is 80.5 Å². The summed E-state index contributed by atoms with van der Waals surface area (Å²) in [6.45, 7) is 9.61. The first kappa shape index (κ1) is 25.4. The van der Waals surface area contributed by atoms with E-state index in [1.165, 1.54) is 5.56 Å². The van der Waals surface area contributed by atoms with Gasteiger partial charge in [-0.15, -0.1) is 0 Å². The van der Waals surface area contributed by atoms with Crippen LogP contribution in [0.2, 0.25) is 0 Å². The highest BCUT2D eigenvalue weighted by Gasteiger charge is 2.41. The number of carboxylic acids is 1. The first-order valence-electron chi connectivity index (χ1n) is 12.7. The molecule has 2 aromatic heterocycles. The summed E-state index contributed by atoms with van der Waals surface area (Å²) in [4.78, 5) is 20.8. The summed E-state index contributed by atoms with van der Waals surface area (Å²) >= 11 is 5.87. The van der Waals surface area contributed by atoms with Crippen LogP contribution >= 0.6 is 12.2 Å². The molecule has 2 atom stereocenters. The average Bonchev–Trinajstić information content (AvgIpc) is 3.39. The van der Waals surface area contributed by atoms with Crippen LogP contribution in [0.5, 0.6) is 0 Å². The minimum Gasteiger partial charge on any atom is -0.478 e. The average molecular weight is 520 g/mol. The monoisotopic (exact) mass is 519 g/mol. The number of benzene rings is 1. The lowest BCUT2D eigenvalue weighted by molar-refractivity contribution is 0.0365. The predicted octanol–water partition coefficient (Wildman–Crippen LogP) is 3.88. The van der Waals surface area contributed by atoms with Gasteiger partial charge in [0.05, 0.1) is 36.6 Å². The fourth-order valence-electron chi connectivity index (χ4n) is 5.51. The van der Waals surface area contributed by atoms with E-state index in [-0.39, 0.29) is 17.6 Å². The summed E-state index contributed by atoms with van der Waals surface area (Å²) in [5, 5.41) is 13.6. The topological polar surface area (TPSA) is 82.9 Å². The van der Waals surface area contributed by atoms with Gasteiger partial charge in [0.25, 0.3) is 0 Å². The Balaban J connectivity index is 1.47. The van der Waals surface area contributed by atoms with Crippen molar-refractivity contribution in [3.05, 3.63) is 82.9 Å². The molecule has 0 amide bonds. The fraction of sp³-hybridized carbons (Fsp3) is 0.393. The van der Waals surface area contributed by atoms with Gasteiger partial charge in [-0.1, -0.05) is 6.07 Å². The van der Waals surface area contributed by atoms with E-state index in [0.29, 0.717) is 0 Å². The van der Waals surface area contributed by atoms with Crippen molar-refractivity contribution in [2.75, 3.05) is 39.4 Å². The molecule has 2 aliphatic heterocycles. The maximum absolute atomic E-state index is 11.3. The van der Waals surface area contributed by atoms with Gasteiger partial charge in [-0.25, -0.2) is 4.79 Å². The molecule has 1 aromatic carbocycles. The Morgan fingerprint density at radius 2 is 1.89 bits per heavy atom. The third kappa shape index (κ3) is 5.25. The maximum atomic E-state index is 11.3. The Bertz CT molecular complexity index is 1250. The molecule has 0 bridgehead atoms. The van der Waals surface area contributed by atoms with Crippen LogP contribution in [0.15, 0.2) is 54.7 Å². The number of morpholine rings is 1. The Morgan fingerprint density at radius 1 is 1.14 bits per heavy atom. The van der Waals surface area contributed by atoms with Crippen LogP contribution in [-0.2, 0) is 4.74 Å². The van der Waals surface area contributed by atoms with Gasteiger partial charge in [-0.2, -0.15) is 0 Å². The van der Waals surface area contributed by atoms with Crippen molar-refractivity contribution in [2.45, 2.75) is 32.4 Å². The van der Waals surface area contributed by atoms with Gasteiger partial charge in [-0.3, -0.25) is 9.88 Å². The number of hydrogen-bond donors (Lipinski definition) is 2. The molecule has 5 rings (SSSR count). The number of aryl methyl sites for hydroxylation is 1. The van der Waals surface area contributed by atoms with Crippen LogP contribution < -0.4 is 5.32 Å². The van der Waals surface area contributed by atoms with Gasteiger partial charge >= 0.3 is 5.97 Å². The van der Waals surface area contributed by atoms with E-state index in [1.807, 2.05) is 36.5 Å². The van der Waals surface area contributed by atoms with Gasteiger partial charge < -0.3 is 24.6 Å². The quantitative estimate of drug-likeness (QED) is 0.434. The molecule has 37 heavy (non-hydrogen) atoms. The highest BCUT2D eigenvalue weighted by molar-refractivity contribution is 7.80. The standard InChI is InChI=1S/C28H33N5O3S/c1-19-18-23(20(2)33(19)22-9-7-21(8-10-22)27(34)35)26-25(24-6-3-4-11-29-24)30-28(37)32(26)13-5-12-31-14-16-36-17-15-31/h3-4,6-11,18,25-26H,5,12-17H2,1-2H3,(H,30,37)(H,34,35)/t25-,26+/m1/s1. The molecule has 0 unspecified atom stereocenters. The van der Waals surface area contributed by atoms with Gasteiger partial charge in [0.15, 0.2) is 5.11 Å². The van der Waals surface area contributed by atoms with E-state index < -0.39 is 5.97 Å². The van der Waals surface area contributed by atoms with Crippen LogP contribution in [0.25, 0.3) is 5.69 Å². The lowest BCUT2D eigenvalue weighted by Crippen LogP contribution is -2.39. The number of carbonyl (C=O) groups is 1. The van der Waals surface area contributed by atoms with Crippen molar-refractivity contribution in [1.82, 2.24) is 24.7 Å². The van der Waals surface area contributed by atoms with Crippen LogP contribution in [0.4, 0.5) is 0 Å². The Kier molecular flexibility index (Phi) is 7.55. The lowest BCUT2D eigenvalue weighted by Gasteiger charge is -2.30. The van der Waals surface area contributed by atoms with Crippen molar-refractivity contribution in [3.8, 4) is 5.69 Å². The molecule has 4 heterocycles. The Hall–Kier alpha value is -3.27. The number of hydrogen-bond acceptors (Lipinski definition) is 5. The van der Waals surface area contributed by atoms with Crippen LogP contribution in [0.3, 0.4) is 0 Å². The number of carboxylic acid groups (broad SMARTS) is 1. The molecular weight excluding hydrogens is 486 g/mol. The fourth-order valence-corrected chi connectivity index (χ4v) is 5.84. The van der Waals surface area contributed by atoms with Crippen LogP contribution in [-0.4, -0.2) is 74.9 Å².